The zero-order chi connectivity index (χ0) is 12.7. The SMILES string of the molecule is CCCCS(=O)(=O)N1CCC(NCCC)CC1. The van der Waals surface area contributed by atoms with Gasteiger partial charge in [-0.1, -0.05) is 20.3 Å². The maximum Gasteiger partial charge on any atom is 0.214 e. The second-order valence-corrected chi connectivity index (χ2v) is 6.89. The molecule has 1 heterocycles. The van der Waals surface area contributed by atoms with E-state index in [9.17, 15) is 8.42 Å². The minimum Gasteiger partial charge on any atom is -0.314 e. The topological polar surface area (TPSA) is 49.4 Å². The summed E-state index contributed by atoms with van der Waals surface area (Å²) in [5, 5.41) is 3.46. The third-order valence-electron chi connectivity index (χ3n) is 3.29. The van der Waals surface area contributed by atoms with Gasteiger partial charge >= 0.3 is 0 Å². The van der Waals surface area contributed by atoms with Gasteiger partial charge < -0.3 is 5.32 Å². The lowest BCUT2D eigenvalue weighted by Gasteiger charge is -2.31. The highest BCUT2D eigenvalue weighted by molar-refractivity contribution is 7.89. The summed E-state index contributed by atoms with van der Waals surface area (Å²) in [6.45, 7) is 6.59. The van der Waals surface area contributed by atoms with Gasteiger partial charge in [-0.05, 0) is 32.2 Å². The highest BCUT2D eigenvalue weighted by Crippen LogP contribution is 2.15. The second-order valence-electron chi connectivity index (χ2n) is 4.80. The smallest absolute Gasteiger partial charge is 0.214 e. The number of rotatable bonds is 7. The van der Waals surface area contributed by atoms with Crippen LogP contribution in [-0.2, 0) is 10.0 Å². The molecule has 1 N–H and O–H groups in total. The van der Waals surface area contributed by atoms with Crippen molar-refractivity contribution >= 4 is 10.0 Å². The normalized spacial score (nSPS) is 19.6. The summed E-state index contributed by atoms with van der Waals surface area (Å²) in [5.74, 6) is 0.316. The first-order valence-corrected chi connectivity index (χ1v) is 8.42. The number of nitrogens with zero attached hydrogens (tertiary/aromatic N) is 1. The predicted molar refractivity (Wildman–Crippen MR) is 71.6 cm³/mol. The van der Waals surface area contributed by atoms with E-state index >= 15 is 0 Å². The largest absolute Gasteiger partial charge is 0.314 e. The van der Waals surface area contributed by atoms with Gasteiger partial charge in [-0.15, -0.1) is 0 Å². The minimum absolute atomic E-state index is 0.316. The van der Waals surface area contributed by atoms with Gasteiger partial charge in [-0.25, -0.2) is 12.7 Å². The monoisotopic (exact) mass is 262 g/mol. The van der Waals surface area contributed by atoms with E-state index < -0.39 is 10.0 Å². The van der Waals surface area contributed by atoms with Crippen LogP contribution >= 0.6 is 0 Å². The Bertz CT molecular complexity index is 296. The quantitative estimate of drug-likeness (QED) is 0.758. The van der Waals surface area contributed by atoms with Gasteiger partial charge in [-0.3, -0.25) is 0 Å². The number of sulfonamides is 1. The van der Waals surface area contributed by atoms with E-state index in [1.165, 1.54) is 0 Å². The van der Waals surface area contributed by atoms with E-state index in [2.05, 4.69) is 12.2 Å². The number of nitrogens with one attached hydrogen (secondary N) is 1. The average Bonchev–Trinajstić information content (AvgIpc) is 2.34. The fourth-order valence-corrected chi connectivity index (χ4v) is 3.82. The Labute approximate surface area is 106 Å². The Morgan fingerprint density at radius 2 is 1.82 bits per heavy atom. The van der Waals surface area contributed by atoms with Crippen molar-refractivity contribution in [3.63, 3.8) is 0 Å². The fourth-order valence-electron chi connectivity index (χ4n) is 2.14. The van der Waals surface area contributed by atoms with Crippen LogP contribution in [-0.4, -0.2) is 44.2 Å². The van der Waals surface area contributed by atoms with Crippen molar-refractivity contribution in [1.29, 1.82) is 0 Å². The van der Waals surface area contributed by atoms with Crippen LogP contribution in [0, 0.1) is 0 Å². The van der Waals surface area contributed by atoms with Crippen LogP contribution in [0.15, 0.2) is 0 Å². The zero-order valence-electron chi connectivity index (χ0n) is 11.1. The Morgan fingerprint density at radius 1 is 1.18 bits per heavy atom. The van der Waals surface area contributed by atoms with Gasteiger partial charge in [0.25, 0.3) is 0 Å². The van der Waals surface area contributed by atoms with Crippen molar-refractivity contribution in [1.82, 2.24) is 9.62 Å². The van der Waals surface area contributed by atoms with Crippen LogP contribution < -0.4 is 5.32 Å². The molecule has 0 aromatic carbocycles. The van der Waals surface area contributed by atoms with Gasteiger partial charge in [-0.2, -0.15) is 0 Å². The number of unbranched alkanes of at least 4 members (excludes halogenated alkanes) is 1. The third-order valence-corrected chi connectivity index (χ3v) is 5.24. The molecule has 0 atom stereocenters. The molecule has 0 aromatic heterocycles. The highest BCUT2D eigenvalue weighted by Gasteiger charge is 2.26. The van der Waals surface area contributed by atoms with Gasteiger partial charge in [0.1, 0.15) is 0 Å². The Hall–Kier alpha value is -0.130. The molecule has 0 spiro atoms. The molecule has 1 aliphatic rings. The van der Waals surface area contributed by atoms with E-state index in [0.717, 1.165) is 38.6 Å². The first kappa shape index (κ1) is 14.9. The first-order chi connectivity index (χ1) is 8.10. The zero-order valence-corrected chi connectivity index (χ0v) is 11.9. The van der Waals surface area contributed by atoms with E-state index in [1.54, 1.807) is 4.31 Å². The molecule has 0 bridgehead atoms. The number of piperidine rings is 1. The molecule has 1 aliphatic heterocycles. The highest BCUT2D eigenvalue weighted by atomic mass is 32.2. The van der Waals surface area contributed by atoms with Crippen molar-refractivity contribution in [2.45, 2.75) is 52.0 Å². The summed E-state index contributed by atoms with van der Waals surface area (Å²) in [4.78, 5) is 0. The third kappa shape index (κ3) is 4.94. The molecule has 5 heteroatoms. The fraction of sp³-hybridized carbons (Fsp3) is 1.00. The van der Waals surface area contributed by atoms with E-state index in [4.69, 9.17) is 0 Å². The Kier molecular flexibility index (Phi) is 6.44. The van der Waals surface area contributed by atoms with Crippen LogP contribution in [0.25, 0.3) is 0 Å². The molecular weight excluding hydrogens is 236 g/mol. The number of hydrogen-bond donors (Lipinski definition) is 1. The predicted octanol–water partition coefficient (Wildman–Crippen LogP) is 1.58. The summed E-state index contributed by atoms with van der Waals surface area (Å²) in [5.41, 5.74) is 0. The lowest BCUT2D eigenvalue weighted by molar-refractivity contribution is 0.290. The summed E-state index contributed by atoms with van der Waals surface area (Å²) < 4.78 is 25.6. The molecule has 0 radical (unpaired) electrons. The molecule has 4 nitrogen and oxygen atoms in total. The van der Waals surface area contributed by atoms with Crippen molar-refractivity contribution in [2.24, 2.45) is 0 Å². The molecule has 1 rings (SSSR count). The molecule has 1 fully saturated rings. The van der Waals surface area contributed by atoms with Gasteiger partial charge in [0.05, 0.1) is 5.75 Å². The van der Waals surface area contributed by atoms with Crippen LogP contribution in [0.1, 0.15) is 46.0 Å². The maximum absolute atomic E-state index is 12.0. The van der Waals surface area contributed by atoms with Crippen LogP contribution in [0.4, 0.5) is 0 Å². The van der Waals surface area contributed by atoms with Crippen LogP contribution in [0.2, 0.25) is 0 Å². The van der Waals surface area contributed by atoms with E-state index in [-0.39, 0.29) is 0 Å². The van der Waals surface area contributed by atoms with Crippen molar-refractivity contribution in [3.05, 3.63) is 0 Å². The second kappa shape index (κ2) is 7.34. The standard InChI is InChI=1S/C12H26N2O2S/c1-3-5-11-17(15,16)14-9-6-12(7-10-14)13-8-4-2/h12-13H,3-11H2,1-2H3. The van der Waals surface area contributed by atoms with E-state index in [0.29, 0.717) is 24.9 Å². The summed E-state index contributed by atoms with van der Waals surface area (Å²) >= 11 is 0. The number of hydrogen-bond acceptors (Lipinski definition) is 3. The van der Waals surface area contributed by atoms with Crippen molar-refractivity contribution < 1.29 is 8.42 Å². The molecule has 0 aliphatic carbocycles. The minimum atomic E-state index is -2.98. The molecule has 1 saturated heterocycles. The summed E-state index contributed by atoms with van der Waals surface area (Å²) in [7, 11) is -2.98. The Balaban J connectivity index is 2.35. The van der Waals surface area contributed by atoms with Crippen molar-refractivity contribution in [3.8, 4) is 0 Å². The van der Waals surface area contributed by atoms with E-state index in [1.807, 2.05) is 6.92 Å². The summed E-state index contributed by atoms with van der Waals surface area (Å²) in [6.07, 6.45) is 4.75. The lowest BCUT2D eigenvalue weighted by atomic mass is 10.1. The first-order valence-electron chi connectivity index (χ1n) is 6.81. The van der Waals surface area contributed by atoms with Crippen molar-refractivity contribution in [2.75, 3.05) is 25.4 Å². The van der Waals surface area contributed by atoms with Gasteiger partial charge in [0.15, 0.2) is 0 Å². The maximum atomic E-state index is 12.0. The Morgan fingerprint density at radius 3 is 2.35 bits per heavy atom. The lowest BCUT2D eigenvalue weighted by Crippen LogP contribution is -2.45. The van der Waals surface area contributed by atoms with Crippen LogP contribution in [0.3, 0.4) is 0 Å². The molecule has 0 unspecified atom stereocenters. The molecular formula is C12H26N2O2S. The molecule has 102 valence electrons. The molecule has 0 saturated carbocycles. The van der Waals surface area contributed by atoms with Gasteiger partial charge in [0.2, 0.25) is 10.0 Å². The van der Waals surface area contributed by atoms with Gasteiger partial charge in [0, 0.05) is 19.1 Å². The average molecular weight is 262 g/mol. The molecule has 0 aromatic rings. The summed E-state index contributed by atoms with van der Waals surface area (Å²) in [6, 6.07) is 0.507. The molecule has 0 amide bonds. The molecule has 17 heavy (non-hydrogen) atoms. The van der Waals surface area contributed by atoms with Crippen LogP contribution in [0.5, 0.6) is 0 Å².